The summed E-state index contributed by atoms with van der Waals surface area (Å²) in [5.74, 6) is -2.11. The van der Waals surface area contributed by atoms with Crippen molar-refractivity contribution in [1.82, 2.24) is 14.7 Å². The van der Waals surface area contributed by atoms with Crippen molar-refractivity contribution in [1.29, 1.82) is 0 Å². The van der Waals surface area contributed by atoms with Gasteiger partial charge in [-0.05, 0) is 59.0 Å². The number of aromatic carboxylic acids is 1. The Bertz CT molecular complexity index is 2040. The molecule has 0 saturated heterocycles. The summed E-state index contributed by atoms with van der Waals surface area (Å²) in [6.45, 7) is 0.724. The first-order valence-corrected chi connectivity index (χ1v) is 15.2. The number of hydrogen-bond acceptors (Lipinski definition) is 5. The lowest BCUT2D eigenvalue weighted by Crippen LogP contribution is -2.48. The summed E-state index contributed by atoms with van der Waals surface area (Å²) >= 11 is 0. The number of amides is 2. The minimum absolute atomic E-state index is 0.00840. The summed E-state index contributed by atoms with van der Waals surface area (Å²) in [4.78, 5) is 39.3. The molecule has 0 aliphatic carbocycles. The third-order valence-corrected chi connectivity index (χ3v) is 8.29. The van der Waals surface area contributed by atoms with E-state index in [4.69, 9.17) is 11.5 Å². The van der Waals surface area contributed by atoms with Crippen LogP contribution in [0.25, 0.3) is 27.7 Å². The molecule has 0 bridgehead atoms. The zero-order valence-corrected chi connectivity index (χ0v) is 25.5. The molecule has 0 unspecified atom stereocenters. The zero-order valence-electron chi connectivity index (χ0n) is 25.5. The number of para-hydroxylation sites is 1. The van der Waals surface area contributed by atoms with Gasteiger partial charge in [-0.25, -0.2) is 9.48 Å². The zero-order chi connectivity index (χ0) is 32.9. The largest absolute Gasteiger partial charge is 0.478 e. The van der Waals surface area contributed by atoms with Crippen molar-refractivity contribution in [2.24, 2.45) is 11.5 Å². The Kier molecular flexibility index (Phi) is 8.90. The number of nitrogens with zero attached hydrogens (tertiary/aromatic N) is 3. The standard InChI is InChI=1S/C26H23N5O4.C12H10/c27-13-18-11-15-5-1-2-6-17(15)14-30(18)25(33)20-7-3-4-8-21(20)31-22-12-16(26(34)35)9-10-19(22)23(29-31)24(28)32;1-3-7-11(8-4-1)12-9-5-2-6-10-12/h1-10,12,18H,11,13-14,27H2,(H2,28,32)(H,34,35);1-10H/t18-;/m0./s1. The van der Waals surface area contributed by atoms with Gasteiger partial charge in [-0.2, -0.15) is 5.10 Å². The van der Waals surface area contributed by atoms with E-state index in [1.807, 2.05) is 30.3 Å². The molecule has 5 N–H and O–H groups in total. The lowest BCUT2D eigenvalue weighted by Gasteiger charge is -2.36. The molecule has 0 radical (unpaired) electrons. The van der Waals surface area contributed by atoms with Gasteiger partial charge in [0.05, 0.1) is 22.3 Å². The maximum atomic E-state index is 13.9. The first kappa shape index (κ1) is 30.9. The van der Waals surface area contributed by atoms with Crippen LogP contribution in [-0.4, -0.2) is 50.2 Å². The van der Waals surface area contributed by atoms with Crippen molar-refractivity contribution in [2.75, 3.05) is 6.54 Å². The molecule has 1 aromatic heterocycles. The summed E-state index contributed by atoms with van der Waals surface area (Å²) in [6, 6.07) is 39.8. The summed E-state index contributed by atoms with van der Waals surface area (Å²) in [5, 5.41) is 14.3. The van der Waals surface area contributed by atoms with Crippen molar-refractivity contribution in [2.45, 2.75) is 19.0 Å². The molecular weight excluding hydrogens is 590 g/mol. The van der Waals surface area contributed by atoms with Gasteiger partial charge in [-0.15, -0.1) is 0 Å². The first-order valence-electron chi connectivity index (χ1n) is 15.2. The monoisotopic (exact) mass is 623 g/mol. The van der Waals surface area contributed by atoms with E-state index in [2.05, 4.69) is 59.7 Å². The molecule has 0 spiro atoms. The highest BCUT2D eigenvalue weighted by Crippen LogP contribution is 2.29. The Morgan fingerprint density at radius 3 is 1.98 bits per heavy atom. The Hall–Kier alpha value is -6.06. The van der Waals surface area contributed by atoms with Crippen LogP contribution < -0.4 is 11.5 Å². The van der Waals surface area contributed by atoms with E-state index in [-0.39, 0.29) is 23.2 Å². The number of carboxylic acids is 1. The van der Waals surface area contributed by atoms with Crippen LogP contribution >= 0.6 is 0 Å². The molecule has 234 valence electrons. The van der Waals surface area contributed by atoms with E-state index in [1.54, 1.807) is 29.2 Å². The van der Waals surface area contributed by atoms with Crippen molar-refractivity contribution in [3.05, 3.63) is 155 Å². The van der Waals surface area contributed by atoms with Crippen molar-refractivity contribution in [3.63, 3.8) is 0 Å². The van der Waals surface area contributed by atoms with Crippen LogP contribution in [0, 0.1) is 0 Å². The van der Waals surface area contributed by atoms with E-state index in [1.165, 1.54) is 39.6 Å². The molecular formula is C38H33N5O4. The molecule has 1 aliphatic rings. The van der Waals surface area contributed by atoms with Gasteiger partial charge in [-0.1, -0.05) is 97.1 Å². The minimum Gasteiger partial charge on any atom is -0.478 e. The van der Waals surface area contributed by atoms with Crippen LogP contribution in [0.15, 0.2) is 127 Å². The van der Waals surface area contributed by atoms with Gasteiger partial charge in [-0.3, -0.25) is 9.59 Å². The molecule has 47 heavy (non-hydrogen) atoms. The van der Waals surface area contributed by atoms with E-state index >= 15 is 0 Å². The fourth-order valence-corrected chi connectivity index (χ4v) is 5.90. The number of hydrogen-bond donors (Lipinski definition) is 3. The normalized spacial score (nSPS) is 13.7. The Labute approximate surface area is 271 Å². The Balaban J connectivity index is 0.000000269. The van der Waals surface area contributed by atoms with Crippen molar-refractivity contribution >= 4 is 28.7 Å². The molecule has 0 fully saturated rings. The van der Waals surface area contributed by atoms with E-state index in [0.29, 0.717) is 41.7 Å². The highest BCUT2D eigenvalue weighted by Gasteiger charge is 2.31. The number of carbonyl (C=O) groups excluding carboxylic acids is 2. The molecule has 1 aliphatic heterocycles. The van der Waals surface area contributed by atoms with Crippen LogP contribution in [0.4, 0.5) is 0 Å². The summed E-state index contributed by atoms with van der Waals surface area (Å²) in [5.41, 5.74) is 17.5. The SMILES string of the molecule is NC[C@@H]1Cc2ccccc2CN1C(=O)c1ccccc1-n1nc(C(N)=O)c2ccc(C(=O)O)cc21.c1ccc(-c2ccccc2)cc1. The first-order chi connectivity index (χ1) is 22.9. The van der Waals surface area contributed by atoms with Gasteiger partial charge in [0.1, 0.15) is 0 Å². The second-order valence-electron chi connectivity index (χ2n) is 11.2. The third-order valence-electron chi connectivity index (χ3n) is 8.29. The van der Waals surface area contributed by atoms with Gasteiger partial charge in [0.2, 0.25) is 0 Å². The van der Waals surface area contributed by atoms with E-state index in [9.17, 15) is 19.5 Å². The van der Waals surface area contributed by atoms with Crippen LogP contribution in [0.1, 0.15) is 42.3 Å². The van der Waals surface area contributed by atoms with Crippen LogP contribution in [-0.2, 0) is 13.0 Å². The number of benzene rings is 5. The number of rotatable bonds is 6. The topological polar surface area (TPSA) is 145 Å². The molecule has 1 atom stereocenters. The fraction of sp³-hybridized carbons (Fsp3) is 0.105. The average Bonchev–Trinajstić information content (AvgIpc) is 3.51. The lowest BCUT2D eigenvalue weighted by atomic mass is 9.93. The minimum atomic E-state index is -1.12. The van der Waals surface area contributed by atoms with Gasteiger partial charge in [0.15, 0.2) is 5.69 Å². The molecule has 9 nitrogen and oxygen atoms in total. The van der Waals surface area contributed by atoms with E-state index in [0.717, 1.165) is 5.56 Å². The Morgan fingerprint density at radius 1 is 0.766 bits per heavy atom. The van der Waals surface area contributed by atoms with Crippen LogP contribution in [0.3, 0.4) is 0 Å². The maximum absolute atomic E-state index is 13.9. The second kappa shape index (κ2) is 13.5. The van der Waals surface area contributed by atoms with Gasteiger partial charge < -0.3 is 21.5 Å². The number of fused-ring (bicyclic) bond motifs is 2. The summed E-state index contributed by atoms with van der Waals surface area (Å²) < 4.78 is 1.41. The number of nitrogens with two attached hydrogens (primary N) is 2. The van der Waals surface area contributed by atoms with Gasteiger partial charge in [0, 0.05) is 24.5 Å². The Morgan fingerprint density at radius 2 is 1.36 bits per heavy atom. The molecule has 5 aromatic carbocycles. The average molecular weight is 624 g/mol. The number of carbonyl (C=O) groups is 3. The van der Waals surface area contributed by atoms with Crippen molar-refractivity contribution < 1.29 is 19.5 Å². The molecule has 0 saturated carbocycles. The predicted molar refractivity (Wildman–Crippen MR) is 181 cm³/mol. The number of primary amides is 1. The van der Waals surface area contributed by atoms with Gasteiger partial charge in [0.25, 0.3) is 11.8 Å². The summed E-state index contributed by atoms with van der Waals surface area (Å²) in [6.07, 6.45) is 0.652. The number of aromatic nitrogens is 2. The van der Waals surface area contributed by atoms with Crippen LogP contribution in [0.2, 0.25) is 0 Å². The summed E-state index contributed by atoms with van der Waals surface area (Å²) in [7, 11) is 0. The third kappa shape index (κ3) is 6.38. The highest BCUT2D eigenvalue weighted by atomic mass is 16.4. The van der Waals surface area contributed by atoms with Gasteiger partial charge >= 0.3 is 5.97 Å². The molecule has 7 rings (SSSR count). The number of carboxylic acid groups (broad SMARTS) is 1. The second-order valence-corrected chi connectivity index (χ2v) is 11.2. The van der Waals surface area contributed by atoms with Crippen molar-refractivity contribution in [3.8, 4) is 16.8 Å². The quantitative estimate of drug-likeness (QED) is 0.217. The molecule has 2 amide bonds. The maximum Gasteiger partial charge on any atom is 0.335 e. The predicted octanol–water partition coefficient (Wildman–Crippen LogP) is 5.70. The van der Waals surface area contributed by atoms with Crippen LogP contribution in [0.5, 0.6) is 0 Å². The molecule has 6 aromatic rings. The lowest BCUT2D eigenvalue weighted by molar-refractivity contribution is 0.0646. The highest BCUT2D eigenvalue weighted by molar-refractivity contribution is 6.06. The molecule has 9 heteroatoms. The van der Waals surface area contributed by atoms with E-state index < -0.39 is 11.9 Å². The molecule has 2 heterocycles. The fourth-order valence-electron chi connectivity index (χ4n) is 5.90. The smallest absolute Gasteiger partial charge is 0.335 e.